The van der Waals surface area contributed by atoms with Crippen LogP contribution in [0.5, 0.6) is 0 Å². The summed E-state index contributed by atoms with van der Waals surface area (Å²) in [6, 6.07) is -1.76. The van der Waals surface area contributed by atoms with Gasteiger partial charge >= 0.3 is 0 Å². The molecule has 0 aromatic carbocycles. The lowest BCUT2D eigenvalue weighted by Crippen LogP contribution is -2.70. The first-order valence-corrected chi connectivity index (χ1v) is 22.3. The first kappa shape index (κ1) is 57.4. The highest BCUT2D eigenvalue weighted by Crippen LogP contribution is 2.36. The fraction of sp³-hybridized carbons (Fsp3) is 0.923. The molecule has 400 valence electrons. The van der Waals surface area contributed by atoms with E-state index in [1.54, 1.807) is 0 Å². The number of ether oxygens (including phenoxy) is 9. The van der Waals surface area contributed by atoms with Gasteiger partial charge in [-0.1, -0.05) is 13.3 Å². The number of aliphatic hydroxyl groups is 15. The first-order valence-electron chi connectivity index (χ1n) is 22.3. The number of carbonyl (C=O) groups is 3. The van der Waals surface area contributed by atoms with E-state index in [4.69, 9.17) is 42.6 Å². The summed E-state index contributed by atoms with van der Waals surface area (Å²) in [6.07, 6.45) is -43.3. The van der Waals surface area contributed by atoms with Gasteiger partial charge in [-0.25, -0.2) is 0 Å². The molecule has 0 aromatic heterocycles. The molecular formula is C39H67N3O27. The highest BCUT2D eigenvalue weighted by atomic mass is 16.8. The predicted molar refractivity (Wildman–Crippen MR) is 217 cm³/mol. The lowest BCUT2D eigenvalue weighted by molar-refractivity contribution is -0.385. The van der Waals surface area contributed by atoms with E-state index in [9.17, 15) is 91.0 Å². The zero-order valence-corrected chi connectivity index (χ0v) is 37.4. The molecule has 30 heteroatoms. The summed E-state index contributed by atoms with van der Waals surface area (Å²) < 4.78 is 51.0. The minimum Gasteiger partial charge on any atom is -0.394 e. The monoisotopic (exact) mass is 1010 g/mol. The van der Waals surface area contributed by atoms with Crippen LogP contribution in [0.1, 0.15) is 33.1 Å². The van der Waals surface area contributed by atoms with Crippen LogP contribution in [0.3, 0.4) is 0 Å². The van der Waals surface area contributed by atoms with Crippen molar-refractivity contribution >= 4 is 17.7 Å². The predicted octanol–water partition coefficient (Wildman–Crippen LogP) is -11.4. The molecule has 5 heterocycles. The molecule has 0 aromatic rings. The van der Waals surface area contributed by atoms with Gasteiger partial charge in [-0.3, -0.25) is 14.4 Å². The summed E-state index contributed by atoms with van der Waals surface area (Å²) in [4.78, 5) is 37.0. The van der Waals surface area contributed by atoms with Crippen molar-refractivity contribution < 1.29 is 134 Å². The zero-order chi connectivity index (χ0) is 51.0. The van der Waals surface area contributed by atoms with Crippen LogP contribution in [0.4, 0.5) is 0 Å². The average molecular weight is 1010 g/mol. The van der Waals surface area contributed by atoms with E-state index < -0.39 is 211 Å². The number of nitrogens with one attached hydrogen (secondary N) is 3. The van der Waals surface area contributed by atoms with Crippen molar-refractivity contribution in [3.05, 3.63) is 0 Å². The van der Waals surface area contributed by atoms with Gasteiger partial charge in [0.25, 0.3) is 0 Å². The molecule has 10 unspecified atom stereocenters. The maximum Gasteiger partial charge on any atom is 0.241 e. The van der Waals surface area contributed by atoms with Crippen LogP contribution >= 0.6 is 0 Å². The molecular weight excluding hydrogens is 942 g/mol. The second-order valence-corrected chi connectivity index (χ2v) is 17.2. The van der Waals surface area contributed by atoms with Gasteiger partial charge in [0.2, 0.25) is 17.7 Å². The van der Waals surface area contributed by atoms with Crippen molar-refractivity contribution in [3.8, 4) is 0 Å². The minimum atomic E-state index is -2.14. The van der Waals surface area contributed by atoms with Gasteiger partial charge in [0, 0.05) is 13.3 Å². The highest BCUT2D eigenvalue weighted by Gasteiger charge is 2.57. The van der Waals surface area contributed by atoms with E-state index in [-0.39, 0.29) is 6.42 Å². The van der Waals surface area contributed by atoms with E-state index in [2.05, 4.69) is 16.0 Å². The number of unbranched alkanes of at least 4 members (excludes halogenated alkanes) is 1. The van der Waals surface area contributed by atoms with E-state index in [0.717, 1.165) is 13.3 Å². The van der Waals surface area contributed by atoms with Crippen molar-refractivity contribution in [2.24, 2.45) is 0 Å². The van der Waals surface area contributed by atoms with Crippen LogP contribution in [-0.4, -0.2) is 287 Å². The van der Waals surface area contributed by atoms with Crippen LogP contribution in [0, 0.1) is 0 Å². The Hall–Kier alpha value is -2.55. The van der Waals surface area contributed by atoms with Gasteiger partial charge in [0.15, 0.2) is 31.4 Å². The summed E-state index contributed by atoms with van der Waals surface area (Å²) in [5.74, 6) is -2.07. The molecule has 69 heavy (non-hydrogen) atoms. The number of hydrogen-bond donors (Lipinski definition) is 18. The van der Waals surface area contributed by atoms with Gasteiger partial charge in [0.05, 0.1) is 39.6 Å². The normalized spacial score (nSPS) is 45.1. The third kappa shape index (κ3) is 13.4. The molecule has 18 N–H and O–H groups in total. The van der Waals surface area contributed by atoms with Crippen LogP contribution in [0.25, 0.3) is 0 Å². The fourth-order valence-corrected chi connectivity index (χ4v) is 8.38. The second-order valence-electron chi connectivity index (χ2n) is 17.2. The lowest BCUT2D eigenvalue weighted by atomic mass is 9.94. The number of rotatable bonds is 20. The Morgan fingerprint density at radius 2 is 0.884 bits per heavy atom. The molecule has 25 atom stereocenters. The molecule has 5 fully saturated rings. The van der Waals surface area contributed by atoms with Gasteiger partial charge in [-0.15, -0.1) is 0 Å². The van der Waals surface area contributed by atoms with E-state index in [0.29, 0.717) is 6.42 Å². The van der Waals surface area contributed by atoms with Crippen LogP contribution < -0.4 is 16.0 Å². The van der Waals surface area contributed by atoms with Crippen molar-refractivity contribution in [1.82, 2.24) is 16.0 Å². The van der Waals surface area contributed by atoms with Crippen LogP contribution in [0.2, 0.25) is 0 Å². The first-order chi connectivity index (χ1) is 32.7. The number of hydrogen-bond acceptors (Lipinski definition) is 27. The van der Waals surface area contributed by atoms with Gasteiger partial charge in [-0.2, -0.15) is 0 Å². The summed E-state index contributed by atoms with van der Waals surface area (Å²) in [5, 5.41) is 167. The van der Waals surface area contributed by atoms with Crippen molar-refractivity contribution in [3.63, 3.8) is 0 Å². The average Bonchev–Trinajstić information content (AvgIpc) is 3.32. The molecule has 5 aliphatic rings. The Kier molecular flexibility index (Phi) is 21.5. The standard InChI is InChI=1S/C39H67N3O27/c1-3-4-5-18(49)40-6-19(50)42-35-27(57)26(56)32(16(10-46)61-35)67-39-29(59)33(22(52)14(8-44)64-39)68-36-20(41-12(2)48)24(54)31(17(11-47)65-36)66-38-30(60)34(23(53)15(9-45)63-38)69-37-28(58)25(55)21(51)13(7-43)62-37/h13-17,20-39,43-47,51-60H,3-11H2,1-2H3,(H,40,49)(H,41,48)(H,42,50)/t13-,14?,15-,16-,17?,20-,21-,22+,23-,24?,25?,26?,27?,28?,29-,30?,31+,32-,33?,34?,35+,36+,37-,38-,39+/m1/s1. The molecule has 5 saturated heterocycles. The third-order valence-corrected chi connectivity index (χ3v) is 12.3. The second kappa shape index (κ2) is 25.9. The van der Waals surface area contributed by atoms with Gasteiger partial charge in [0.1, 0.15) is 122 Å². The fourth-order valence-electron chi connectivity index (χ4n) is 8.38. The lowest BCUT2D eigenvalue weighted by Gasteiger charge is -2.50. The molecule has 0 aliphatic carbocycles. The Bertz CT molecular complexity index is 1620. The SMILES string of the molecule is CCCCC(=O)NCC(=O)N[C@H]1O[C@H](CO)[C@@H](O[C@@H]2OC(CO)[C@H](O)C(O[C@@H]3OC(CO)[C@H](O[C@H]4O[C@H](CO)[C@@H](O)C(O[C@H]5O[C@H](CO)[C@@H](O)C(O)C5O)C4O)C(O)[C@H]3NC(C)=O)[C@H]2O)C(O)C1O. The summed E-state index contributed by atoms with van der Waals surface area (Å²) >= 11 is 0. The number of carbonyl (C=O) groups excluding carboxylic acids is 3. The van der Waals surface area contributed by atoms with Crippen LogP contribution in [0.15, 0.2) is 0 Å². The van der Waals surface area contributed by atoms with Gasteiger partial charge in [-0.05, 0) is 6.42 Å². The molecule has 30 nitrogen and oxygen atoms in total. The molecule has 0 radical (unpaired) electrons. The third-order valence-electron chi connectivity index (χ3n) is 12.3. The van der Waals surface area contributed by atoms with Crippen molar-refractivity contribution in [2.75, 3.05) is 39.6 Å². The summed E-state index contributed by atoms with van der Waals surface area (Å²) in [7, 11) is 0. The van der Waals surface area contributed by atoms with Crippen molar-refractivity contribution in [2.45, 2.75) is 187 Å². The largest absolute Gasteiger partial charge is 0.394 e. The molecule has 5 aliphatic heterocycles. The van der Waals surface area contributed by atoms with E-state index >= 15 is 0 Å². The van der Waals surface area contributed by atoms with E-state index in [1.807, 2.05) is 6.92 Å². The Labute approximate surface area is 393 Å². The quantitative estimate of drug-likeness (QED) is 0.0538. The van der Waals surface area contributed by atoms with Crippen LogP contribution in [-0.2, 0) is 57.0 Å². The maximum atomic E-state index is 12.5. The molecule has 0 bridgehead atoms. The Morgan fingerprint density at radius 3 is 1.38 bits per heavy atom. The number of aliphatic hydroxyl groups excluding tert-OH is 15. The minimum absolute atomic E-state index is 0.165. The highest BCUT2D eigenvalue weighted by molar-refractivity contribution is 5.84. The Balaban J connectivity index is 1.30. The van der Waals surface area contributed by atoms with Crippen molar-refractivity contribution in [1.29, 1.82) is 0 Å². The smallest absolute Gasteiger partial charge is 0.241 e. The molecule has 5 rings (SSSR count). The van der Waals surface area contributed by atoms with Gasteiger partial charge < -0.3 is 135 Å². The Morgan fingerprint density at radius 1 is 0.449 bits per heavy atom. The molecule has 0 spiro atoms. The maximum absolute atomic E-state index is 12.5. The molecule has 0 saturated carbocycles. The molecule has 3 amide bonds. The summed E-state index contributed by atoms with van der Waals surface area (Å²) in [6.45, 7) is -2.37. The zero-order valence-electron chi connectivity index (χ0n) is 37.4. The number of amides is 3. The summed E-state index contributed by atoms with van der Waals surface area (Å²) in [5.41, 5.74) is 0. The topological polar surface area (TPSA) is 474 Å². The van der Waals surface area contributed by atoms with E-state index in [1.165, 1.54) is 0 Å².